The average Bonchev–Trinajstić information content (AvgIpc) is 3.29. The molecule has 1 aromatic heterocycles. The molecule has 4 aromatic rings. The van der Waals surface area contributed by atoms with E-state index in [9.17, 15) is 13.2 Å². The van der Waals surface area contributed by atoms with Crippen LogP contribution in [0.15, 0.2) is 76.5 Å². The maximum absolute atomic E-state index is 13.7. The van der Waals surface area contributed by atoms with Crippen LogP contribution in [-0.4, -0.2) is 30.5 Å². The van der Waals surface area contributed by atoms with Gasteiger partial charge in [0, 0.05) is 23.2 Å². The minimum absolute atomic E-state index is 0.0396. The number of fused-ring (bicyclic) bond motifs is 1. The van der Waals surface area contributed by atoms with Crippen molar-refractivity contribution >= 4 is 49.9 Å². The van der Waals surface area contributed by atoms with Crippen LogP contribution >= 0.6 is 11.3 Å². The summed E-state index contributed by atoms with van der Waals surface area (Å²) in [6.45, 7) is 5.61. The van der Waals surface area contributed by atoms with Crippen molar-refractivity contribution in [1.29, 1.82) is 0 Å². The van der Waals surface area contributed by atoms with Crippen molar-refractivity contribution in [3.05, 3.63) is 88.9 Å². The number of aliphatic carboxylic acids is 1. The van der Waals surface area contributed by atoms with Crippen LogP contribution in [0.25, 0.3) is 16.8 Å². The number of ether oxygens (including phenoxy) is 1. The van der Waals surface area contributed by atoms with Crippen molar-refractivity contribution in [2.24, 2.45) is 0 Å². The number of benzene rings is 3. The number of carboxylic acids is 1. The maximum atomic E-state index is 13.7. The molecule has 0 aliphatic rings. The maximum Gasteiger partial charge on any atom is 0.328 e. The minimum atomic E-state index is -3.92. The van der Waals surface area contributed by atoms with Crippen LogP contribution in [0.5, 0.6) is 5.75 Å². The molecule has 7 nitrogen and oxygen atoms in total. The van der Waals surface area contributed by atoms with Crippen molar-refractivity contribution in [2.75, 3.05) is 4.31 Å². The summed E-state index contributed by atoms with van der Waals surface area (Å²) >= 11 is 1.10. The van der Waals surface area contributed by atoms with Crippen LogP contribution in [0, 0.1) is 6.92 Å². The summed E-state index contributed by atoms with van der Waals surface area (Å²) in [4.78, 5) is 15.0. The SMILES string of the molecule is Cc1csc(S(=O)(=O)N(c2cc3ccccc3cc2OCc2ccc(C=CC(=O)O)cc2)C(C)C)n1. The van der Waals surface area contributed by atoms with Gasteiger partial charge in [0.2, 0.25) is 4.34 Å². The molecular weight excluding hydrogens is 496 g/mol. The fourth-order valence-corrected chi connectivity index (χ4v) is 6.55. The Morgan fingerprint density at radius 3 is 2.36 bits per heavy atom. The Bertz CT molecular complexity index is 1520. The first-order valence-corrected chi connectivity index (χ1v) is 13.6. The van der Waals surface area contributed by atoms with Gasteiger partial charge in [0.1, 0.15) is 12.4 Å². The predicted octanol–water partition coefficient (Wildman–Crippen LogP) is 5.89. The number of hydrogen-bond donors (Lipinski definition) is 1. The van der Waals surface area contributed by atoms with Gasteiger partial charge in [0.15, 0.2) is 0 Å². The van der Waals surface area contributed by atoms with E-state index in [4.69, 9.17) is 9.84 Å². The zero-order valence-corrected chi connectivity index (χ0v) is 21.7. The number of sulfonamides is 1. The molecule has 0 aliphatic carbocycles. The fraction of sp³-hybridized carbons (Fsp3) is 0.185. The van der Waals surface area contributed by atoms with Gasteiger partial charge in [-0.3, -0.25) is 4.31 Å². The predicted molar refractivity (Wildman–Crippen MR) is 143 cm³/mol. The van der Waals surface area contributed by atoms with Crippen molar-refractivity contribution in [3.8, 4) is 5.75 Å². The number of aryl methyl sites for hydroxylation is 1. The van der Waals surface area contributed by atoms with E-state index in [1.807, 2.05) is 62.4 Å². The highest BCUT2D eigenvalue weighted by molar-refractivity contribution is 7.94. The van der Waals surface area contributed by atoms with Gasteiger partial charge in [0.25, 0.3) is 10.0 Å². The molecule has 3 aromatic carbocycles. The second-order valence-electron chi connectivity index (χ2n) is 8.52. The van der Waals surface area contributed by atoms with Gasteiger partial charge in [-0.25, -0.2) is 9.78 Å². The molecule has 0 amide bonds. The monoisotopic (exact) mass is 522 g/mol. The summed E-state index contributed by atoms with van der Waals surface area (Å²) in [5.41, 5.74) is 2.70. The lowest BCUT2D eigenvalue weighted by molar-refractivity contribution is -0.131. The molecule has 0 bridgehead atoms. The summed E-state index contributed by atoms with van der Waals surface area (Å²) < 4.78 is 34.9. The van der Waals surface area contributed by atoms with E-state index in [0.29, 0.717) is 17.1 Å². The summed E-state index contributed by atoms with van der Waals surface area (Å²) in [5, 5.41) is 12.3. The first-order valence-electron chi connectivity index (χ1n) is 11.3. The van der Waals surface area contributed by atoms with Crippen LogP contribution in [-0.2, 0) is 21.4 Å². The Labute approximate surface area is 214 Å². The summed E-state index contributed by atoms with van der Waals surface area (Å²) in [6.07, 6.45) is 2.60. The third kappa shape index (κ3) is 5.58. The molecule has 0 unspecified atom stereocenters. The summed E-state index contributed by atoms with van der Waals surface area (Å²) in [7, 11) is -3.92. The number of anilines is 1. The summed E-state index contributed by atoms with van der Waals surface area (Å²) in [5.74, 6) is -0.571. The summed E-state index contributed by atoms with van der Waals surface area (Å²) in [6, 6.07) is 18.3. The second-order valence-corrected chi connectivity index (χ2v) is 11.4. The van der Waals surface area contributed by atoms with E-state index in [-0.39, 0.29) is 17.0 Å². The smallest absolute Gasteiger partial charge is 0.328 e. The number of carboxylic acid groups (broad SMARTS) is 1. The van der Waals surface area contributed by atoms with Crippen molar-refractivity contribution < 1.29 is 23.1 Å². The molecule has 0 fully saturated rings. The van der Waals surface area contributed by atoms with Gasteiger partial charge < -0.3 is 9.84 Å². The molecular formula is C27H26N2O5S2. The Hall–Kier alpha value is -3.69. The highest BCUT2D eigenvalue weighted by Gasteiger charge is 2.32. The third-order valence-electron chi connectivity index (χ3n) is 5.40. The fourth-order valence-electron chi connectivity index (χ4n) is 3.77. The molecule has 0 saturated carbocycles. The van der Waals surface area contributed by atoms with Gasteiger partial charge in [0.05, 0.1) is 5.69 Å². The third-order valence-corrected chi connectivity index (χ3v) is 8.74. The molecule has 0 radical (unpaired) electrons. The van der Waals surface area contributed by atoms with Gasteiger partial charge >= 0.3 is 5.97 Å². The number of thiazole rings is 1. The molecule has 36 heavy (non-hydrogen) atoms. The quantitative estimate of drug-likeness (QED) is 0.276. The lowest BCUT2D eigenvalue weighted by Crippen LogP contribution is -2.37. The molecule has 1 heterocycles. The van der Waals surface area contributed by atoms with E-state index >= 15 is 0 Å². The Morgan fingerprint density at radius 1 is 1.11 bits per heavy atom. The number of carbonyl (C=O) groups is 1. The lowest BCUT2D eigenvalue weighted by atomic mass is 10.1. The largest absolute Gasteiger partial charge is 0.487 e. The molecule has 0 spiro atoms. The standard InChI is InChI=1S/C27H26N2O5S2/c1-18(2)29(36(32,33)27-28-19(3)17-35-27)24-14-22-6-4-5-7-23(22)15-25(24)34-16-21-10-8-20(9-11-21)12-13-26(30)31/h4-15,17-18H,16H2,1-3H3,(H,30,31). The Balaban J connectivity index is 1.72. The number of aromatic nitrogens is 1. The topological polar surface area (TPSA) is 96.8 Å². The highest BCUT2D eigenvalue weighted by Crippen LogP contribution is 2.38. The normalized spacial score (nSPS) is 11.9. The number of rotatable bonds is 9. The van der Waals surface area contributed by atoms with Gasteiger partial charge in [-0.15, -0.1) is 11.3 Å². The van der Waals surface area contributed by atoms with E-state index in [1.165, 1.54) is 10.4 Å². The van der Waals surface area contributed by atoms with Crippen LogP contribution < -0.4 is 9.04 Å². The van der Waals surface area contributed by atoms with Gasteiger partial charge in [-0.05, 0) is 60.9 Å². The molecule has 0 aliphatic heterocycles. The first-order chi connectivity index (χ1) is 17.1. The van der Waals surface area contributed by atoms with Crippen LogP contribution in [0.2, 0.25) is 0 Å². The van der Waals surface area contributed by atoms with Crippen LogP contribution in [0.3, 0.4) is 0 Å². The average molecular weight is 523 g/mol. The van der Waals surface area contributed by atoms with Crippen molar-refractivity contribution in [1.82, 2.24) is 4.98 Å². The van der Waals surface area contributed by atoms with Crippen molar-refractivity contribution in [2.45, 2.75) is 37.8 Å². The Morgan fingerprint density at radius 2 is 1.78 bits per heavy atom. The number of nitrogens with zero attached hydrogens (tertiary/aromatic N) is 2. The molecule has 186 valence electrons. The van der Waals surface area contributed by atoms with Crippen LogP contribution in [0.4, 0.5) is 5.69 Å². The minimum Gasteiger partial charge on any atom is -0.487 e. The van der Waals surface area contributed by atoms with Gasteiger partial charge in [-0.2, -0.15) is 8.42 Å². The zero-order chi connectivity index (χ0) is 25.9. The lowest BCUT2D eigenvalue weighted by Gasteiger charge is -2.29. The highest BCUT2D eigenvalue weighted by atomic mass is 32.2. The van der Waals surface area contributed by atoms with Gasteiger partial charge in [-0.1, -0.05) is 48.5 Å². The first kappa shape index (κ1) is 25.4. The molecule has 4 rings (SSSR count). The van der Waals surface area contributed by atoms with E-state index in [0.717, 1.165) is 39.3 Å². The van der Waals surface area contributed by atoms with E-state index in [2.05, 4.69) is 4.98 Å². The Kier molecular flexibility index (Phi) is 7.42. The van der Waals surface area contributed by atoms with E-state index < -0.39 is 16.0 Å². The molecule has 1 N–H and O–H groups in total. The number of hydrogen-bond acceptors (Lipinski definition) is 6. The molecule has 0 atom stereocenters. The zero-order valence-electron chi connectivity index (χ0n) is 20.1. The van der Waals surface area contributed by atoms with Crippen molar-refractivity contribution in [3.63, 3.8) is 0 Å². The second kappa shape index (κ2) is 10.5. The van der Waals surface area contributed by atoms with Crippen LogP contribution in [0.1, 0.15) is 30.7 Å². The molecule has 0 saturated heterocycles. The van der Waals surface area contributed by atoms with E-state index in [1.54, 1.807) is 24.4 Å². The molecule has 9 heteroatoms.